The molecule has 41 heavy (non-hydrogen) atoms. The smallest absolute Gasteiger partial charge is 0.435 e. The molecule has 2 aromatic heterocycles. The lowest BCUT2D eigenvalue weighted by Gasteiger charge is -2.15. The first-order valence-corrected chi connectivity index (χ1v) is 14.6. The first-order chi connectivity index (χ1) is 19.5. The van der Waals surface area contributed by atoms with Crippen LogP contribution in [0.5, 0.6) is 0 Å². The molecule has 0 aliphatic rings. The molecule has 1 atom stereocenters. The number of ether oxygens (including phenoxy) is 2. The molecule has 13 heteroatoms. The van der Waals surface area contributed by atoms with Gasteiger partial charge in [-0.1, -0.05) is 30.7 Å². The van der Waals surface area contributed by atoms with Crippen molar-refractivity contribution < 1.29 is 36.3 Å². The SMILES string of the molecule is CCCS(=O)(=O)Nc1ccc(F)c(C(=O)c2cn(C(C)OC(=O)OCC)c3ncc(-c4ccc(Cl)cc4)cc23)c1F. The molecule has 0 radical (unpaired) electrons. The number of carbonyl (C=O) groups is 2. The van der Waals surface area contributed by atoms with Crippen molar-refractivity contribution in [3.63, 3.8) is 0 Å². The van der Waals surface area contributed by atoms with Crippen molar-refractivity contribution in [1.82, 2.24) is 9.55 Å². The van der Waals surface area contributed by atoms with Gasteiger partial charge in [-0.05, 0) is 56.2 Å². The summed E-state index contributed by atoms with van der Waals surface area (Å²) in [5.74, 6) is -3.92. The summed E-state index contributed by atoms with van der Waals surface area (Å²) in [6, 6.07) is 10.1. The lowest BCUT2D eigenvalue weighted by Crippen LogP contribution is -2.18. The second-order valence-electron chi connectivity index (χ2n) is 8.99. The van der Waals surface area contributed by atoms with Crippen molar-refractivity contribution in [1.29, 1.82) is 0 Å². The van der Waals surface area contributed by atoms with Crippen LogP contribution in [0.1, 0.15) is 49.3 Å². The van der Waals surface area contributed by atoms with Crippen LogP contribution in [0, 0.1) is 11.6 Å². The van der Waals surface area contributed by atoms with Crippen molar-refractivity contribution in [2.24, 2.45) is 0 Å². The molecular weight excluding hydrogens is 580 g/mol. The van der Waals surface area contributed by atoms with Crippen molar-refractivity contribution >= 4 is 50.3 Å². The van der Waals surface area contributed by atoms with E-state index in [0.29, 0.717) is 16.1 Å². The second kappa shape index (κ2) is 12.2. The molecule has 4 aromatic rings. The van der Waals surface area contributed by atoms with Crippen LogP contribution in [-0.2, 0) is 19.5 Å². The Morgan fingerprint density at radius 2 is 1.80 bits per heavy atom. The van der Waals surface area contributed by atoms with Crippen molar-refractivity contribution in [3.8, 4) is 11.1 Å². The van der Waals surface area contributed by atoms with Crippen LogP contribution in [0.2, 0.25) is 5.02 Å². The van der Waals surface area contributed by atoms with E-state index in [1.54, 1.807) is 44.2 Å². The van der Waals surface area contributed by atoms with Gasteiger partial charge in [-0.25, -0.2) is 27.0 Å². The number of aromatic nitrogens is 2. The third kappa shape index (κ3) is 6.49. The maximum Gasteiger partial charge on any atom is 0.510 e. The number of rotatable bonds is 10. The molecule has 0 bridgehead atoms. The molecule has 2 heterocycles. The van der Waals surface area contributed by atoms with Crippen LogP contribution in [0.4, 0.5) is 19.3 Å². The van der Waals surface area contributed by atoms with Crippen LogP contribution in [0.15, 0.2) is 54.9 Å². The number of nitrogens with one attached hydrogen (secondary N) is 1. The summed E-state index contributed by atoms with van der Waals surface area (Å²) in [7, 11) is -3.93. The minimum absolute atomic E-state index is 0.0708. The van der Waals surface area contributed by atoms with Gasteiger partial charge in [-0.2, -0.15) is 0 Å². The number of anilines is 1. The number of hydrogen-bond donors (Lipinski definition) is 1. The third-order valence-corrected chi connectivity index (χ3v) is 7.80. The van der Waals surface area contributed by atoms with Gasteiger partial charge in [0.2, 0.25) is 15.8 Å². The van der Waals surface area contributed by atoms with Crippen molar-refractivity contribution in [2.45, 2.75) is 33.4 Å². The molecule has 0 fully saturated rings. The Morgan fingerprint density at radius 3 is 2.46 bits per heavy atom. The average molecular weight is 606 g/mol. The van der Waals surface area contributed by atoms with Crippen LogP contribution < -0.4 is 4.72 Å². The monoisotopic (exact) mass is 605 g/mol. The lowest BCUT2D eigenvalue weighted by molar-refractivity contribution is 0.00795. The second-order valence-corrected chi connectivity index (χ2v) is 11.3. The van der Waals surface area contributed by atoms with E-state index in [9.17, 15) is 22.4 Å². The number of benzene rings is 2. The largest absolute Gasteiger partial charge is 0.510 e. The Labute approximate surface area is 240 Å². The zero-order valence-corrected chi connectivity index (χ0v) is 23.9. The van der Waals surface area contributed by atoms with Gasteiger partial charge >= 0.3 is 6.16 Å². The Balaban J connectivity index is 1.87. The summed E-state index contributed by atoms with van der Waals surface area (Å²) in [6.45, 7) is 4.81. The number of carbonyl (C=O) groups excluding carboxylic acids is 2. The highest BCUT2D eigenvalue weighted by atomic mass is 35.5. The Hall–Kier alpha value is -4.03. The molecule has 9 nitrogen and oxygen atoms in total. The summed E-state index contributed by atoms with van der Waals surface area (Å²) in [4.78, 5) is 30.2. The van der Waals surface area contributed by atoms with E-state index in [4.69, 9.17) is 21.1 Å². The zero-order valence-electron chi connectivity index (χ0n) is 22.3. The first-order valence-electron chi connectivity index (χ1n) is 12.6. The number of ketones is 1. The molecule has 0 saturated heterocycles. The van der Waals surface area contributed by atoms with Gasteiger partial charge in [0, 0.05) is 28.4 Å². The molecule has 0 spiro atoms. The van der Waals surface area contributed by atoms with Crippen LogP contribution in [0.3, 0.4) is 0 Å². The standard InChI is InChI=1S/C28H26ClF2N3O6S/c1-4-12-41(37,38)33-23-11-10-22(30)24(25(23)31)26(35)21-15-34(16(3)40-28(36)39-5-2)27-20(21)13-18(14-32-27)17-6-8-19(29)9-7-17/h6-11,13-16,33H,4-5,12H2,1-3H3. The highest BCUT2D eigenvalue weighted by Gasteiger charge is 2.28. The van der Waals surface area contributed by atoms with Gasteiger partial charge in [0.15, 0.2) is 12.0 Å². The fourth-order valence-electron chi connectivity index (χ4n) is 4.20. The number of nitrogens with zero attached hydrogens (tertiary/aromatic N) is 2. The molecular formula is C28H26ClF2N3O6S. The van der Waals surface area contributed by atoms with E-state index in [0.717, 1.165) is 12.1 Å². The van der Waals surface area contributed by atoms with Gasteiger partial charge in [0.1, 0.15) is 11.5 Å². The summed E-state index contributed by atoms with van der Waals surface area (Å²) in [6.07, 6.45) is 1.07. The first kappa shape index (κ1) is 29.9. The summed E-state index contributed by atoms with van der Waals surface area (Å²) < 4.78 is 68.5. The lowest BCUT2D eigenvalue weighted by atomic mass is 10.00. The number of hydrogen-bond acceptors (Lipinski definition) is 7. The topological polar surface area (TPSA) is 117 Å². The van der Waals surface area contributed by atoms with Gasteiger partial charge < -0.3 is 9.47 Å². The van der Waals surface area contributed by atoms with Gasteiger partial charge in [0.05, 0.1) is 29.2 Å². The molecule has 1 unspecified atom stereocenters. The minimum atomic E-state index is -3.93. The normalized spacial score (nSPS) is 12.2. The highest BCUT2D eigenvalue weighted by Crippen LogP contribution is 2.33. The van der Waals surface area contributed by atoms with E-state index in [2.05, 4.69) is 9.71 Å². The average Bonchev–Trinajstić information content (AvgIpc) is 3.30. The van der Waals surface area contributed by atoms with Crippen LogP contribution >= 0.6 is 11.6 Å². The Bertz CT molecular complexity index is 1730. The number of fused-ring (bicyclic) bond motifs is 1. The molecule has 0 amide bonds. The fourth-order valence-corrected chi connectivity index (χ4v) is 5.46. The Morgan fingerprint density at radius 1 is 1.10 bits per heavy atom. The molecule has 216 valence electrons. The van der Waals surface area contributed by atoms with Gasteiger partial charge in [0.25, 0.3) is 0 Å². The van der Waals surface area contributed by atoms with E-state index in [-0.39, 0.29) is 35.4 Å². The van der Waals surface area contributed by atoms with E-state index >= 15 is 4.39 Å². The zero-order chi connectivity index (χ0) is 29.9. The predicted molar refractivity (Wildman–Crippen MR) is 150 cm³/mol. The fraction of sp³-hybridized carbons (Fsp3) is 0.250. The summed E-state index contributed by atoms with van der Waals surface area (Å²) in [5, 5.41) is 0.715. The quantitative estimate of drug-likeness (QED) is 0.158. The third-order valence-electron chi connectivity index (χ3n) is 6.07. The van der Waals surface area contributed by atoms with Crippen molar-refractivity contribution in [3.05, 3.63) is 82.6 Å². The Kier molecular flexibility index (Phi) is 8.93. The summed E-state index contributed by atoms with van der Waals surface area (Å²) in [5.41, 5.74) is -0.225. The van der Waals surface area contributed by atoms with E-state index < -0.39 is 51.1 Å². The number of halogens is 3. The molecule has 1 N–H and O–H groups in total. The molecule has 0 aliphatic carbocycles. The van der Waals surface area contributed by atoms with Crippen LogP contribution in [0.25, 0.3) is 22.2 Å². The number of pyridine rings is 1. The van der Waals surface area contributed by atoms with Gasteiger partial charge in [-0.15, -0.1) is 0 Å². The minimum Gasteiger partial charge on any atom is -0.435 e. The van der Waals surface area contributed by atoms with Crippen LogP contribution in [-0.4, -0.2) is 42.3 Å². The van der Waals surface area contributed by atoms with E-state index in [1.807, 2.05) is 0 Å². The predicted octanol–water partition coefficient (Wildman–Crippen LogP) is 6.71. The van der Waals surface area contributed by atoms with E-state index in [1.165, 1.54) is 23.9 Å². The highest BCUT2D eigenvalue weighted by molar-refractivity contribution is 7.92. The number of sulfonamides is 1. The molecule has 0 aliphatic heterocycles. The molecule has 0 saturated carbocycles. The maximum absolute atomic E-state index is 15.5. The van der Waals surface area contributed by atoms with Crippen molar-refractivity contribution in [2.75, 3.05) is 17.1 Å². The molecule has 2 aromatic carbocycles. The van der Waals surface area contributed by atoms with Gasteiger partial charge in [-0.3, -0.25) is 14.1 Å². The summed E-state index contributed by atoms with van der Waals surface area (Å²) >= 11 is 6.00. The maximum atomic E-state index is 15.5. The molecule has 4 rings (SSSR count).